The van der Waals surface area contributed by atoms with E-state index in [-0.39, 0.29) is 5.54 Å². The van der Waals surface area contributed by atoms with Gasteiger partial charge in [0, 0.05) is 0 Å². The standard InChI is InChI=1S/C10H19N/c1-6-10(5,7-2)11-8-9(3)4/h1,9,11H,7-8H2,2-5H3. The first-order valence-electron chi connectivity index (χ1n) is 4.27. The minimum absolute atomic E-state index is 0.107. The van der Waals surface area contributed by atoms with Crippen LogP contribution in [0.4, 0.5) is 0 Å². The van der Waals surface area contributed by atoms with Gasteiger partial charge in [-0.1, -0.05) is 26.7 Å². The maximum Gasteiger partial charge on any atom is 0.0767 e. The van der Waals surface area contributed by atoms with Crippen LogP contribution in [-0.4, -0.2) is 12.1 Å². The van der Waals surface area contributed by atoms with Crippen LogP contribution >= 0.6 is 0 Å². The first-order valence-corrected chi connectivity index (χ1v) is 4.27. The highest BCUT2D eigenvalue weighted by Gasteiger charge is 2.16. The molecule has 0 spiro atoms. The van der Waals surface area contributed by atoms with E-state index in [1.54, 1.807) is 0 Å². The Labute approximate surface area is 70.6 Å². The lowest BCUT2D eigenvalue weighted by atomic mass is 9.99. The van der Waals surface area contributed by atoms with E-state index in [2.05, 4.69) is 38.9 Å². The van der Waals surface area contributed by atoms with Gasteiger partial charge >= 0.3 is 0 Å². The van der Waals surface area contributed by atoms with E-state index in [9.17, 15) is 0 Å². The Balaban J connectivity index is 3.81. The Hall–Kier alpha value is -0.480. The van der Waals surface area contributed by atoms with Gasteiger partial charge in [0.2, 0.25) is 0 Å². The van der Waals surface area contributed by atoms with E-state index in [4.69, 9.17) is 6.42 Å². The predicted molar refractivity (Wildman–Crippen MR) is 50.4 cm³/mol. The minimum atomic E-state index is -0.107. The quantitative estimate of drug-likeness (QED) is 0.609. The highest BCUT2D eigenvalue weighted by Crippen LogP contribution is 2.07. The van der Waals surface area contributed by atoms with Crippen LogP contribution in [0.5, 0.6) is 0 Å². The first-order chi connectivity index (χ1) is 5.04. The van der Waals surface area contributed by atoms with Gasteiger partial charge in [-0.2, -0.15) is 0 Å². The number of nitrogens with one attached hydrogen (secondary N) is 1. The molecule has 0 amide bonds. The summed E-state index contributed by atoms with van der Waals surface area (Å²) in [6.45, 7) is 9.52. The highest BCUT2D eigenvalue weighted by molar-refractivity contribution is 5.09. The molecule has 0 fully saturated rings. The van der Waals surface area contributed by atoms with Crippen molar-refractivity contribution in [2.24, 2.45) is 5.92 Å². The lowest BCUT2D eigenvalue weighted by Gasteiger charge is -2.24. The largest absolute Gasteiger partial charge is 0.301 e. The maximum atomic E-state index is 5.39. The van der Waals surface area contributed by atoms with E-state index in [1.165, 1.54) is 0 Å². The van der Waals surface area contributed by atoms with E-state index in [1.807, 2.05) is 0 Å². The molecule has 0 heterocycles. The normalized spacial score (nSPS) is 16.0. The van der Waals surface area contributed by atoms with Crippen molar-refractivity contribution in [1.82, 2.24) is 5.32 Å². The molecule has 1 N–H and O–H groups in total. The smallest absolute Gasteiger partial charge is 0.0767 e. The van der Waals surface area contributed by atoms with Crippen LogP contribution in [0.1, 0.15) is 34.1 Å². The van der Waals surface area contributed by atoms with Crippen LogP contribution in [0.3, 0.4) is 0 Å². The van der Waals surface area contributed by atoms with E-state index < -0.39 is 0 Å². The summed E-state index contributed by atoms with van der Waals surface area (Å²) in [6, 6.07) is 0. The lowest BCUT2D eigenvalue weighted by Crippen LogP contribution is -2.42. The Kier molecular flexibility index (Phi) is 4.22. The second kappa shape index (κ2) is 4.41. The third kappa shape index (κ3) is 4.06. The zero-order valence-corrected chi connectivity index (χ0v) is 8.07. The number of hydrogen-bond acceptors (Lipinski definition) is 1. The van der Waals surface area contributed by atoms with Crippen molar-refractivity contribution in [3.05, 3.63) is 0 Å². The fourth-order valence-corrected chi connectivity index (χ4v) is 0.707. The minimum Gasteiger partial charge on any atom is -0.301 e. The number of hydrogen-bond donors (Lipinski definition) is 1. The van der Waals surface area contributed by atoms with Gasteiger partial charge in [-0.05, 0) is 25.8 Å². The lowest BCUT2D eigenvalue weighted by molar-refractivity contribution is 0.405. The topological polar surface area (TPSA) is 12.0 Å². The van der Waals surface area contributed by atoms with Crippen molar-refractivity contribution < 1.29 is 0 Å². The van der Waals surface area contributed by atoms with Gasteiger partial charge < -0.3 is 5.32 Å². The van der Waals surface area contributed by atoms with E-state index in [0.717, 1.165) is 13.0 Å². The second-order valence-corrected chi connectivity index (χ2v) is 3.60. The molecular weight excluding hydrogens is 134 g/mol. The molecular formula is C10H19N. The molecule has 11 heavy (non-hydrogen) atoms. The van der Waals surface area contributed by atoms with Crippen LogP contribution in [0.2, 0.25) is 0 Å². The molecule has 0 aromatic carbocycles. The van der Waals surface area contributed by atoms with Gasteiger partial charge in [0.1, 0.15) is 0 Å². The Morgan fingerprint density at radius 1 is 1.55 bits per heavy atom. The zero-order valence-electron chi connectivity index (χ0n) is 8.07. The molecule has 1 unspecified atom stereocenters. The fourth-order valence-electron chi connectivity index (χ4n) is 0.707. The van der Waals surface area contributed by atoms with Gasteiger partial charge in [-0.25, -0.2) is 0 Å². The summed E-state index contributed by atoms with van der Waals surface area (Å²) in [5.74, 6) is 3.43. The summed E-state index contributed by atoms with van der Waals surface area (Å²) in [6.07, 6.45) is 6.37. The van der Waals surface area contributed by atoms with Crippen molar-refractivity contribution in [3.8, 4) is 12.3 Å². The molecule has 0 saturated carbocycles. The van der Waals surface area contributed by atoms with Gasteiger partial charge in [0.05, 0.1) is 5.54 Å². The summed E-state index contributed by atoms with van der Waals surface area (Å²) in [5.41, 5.74) is -0.107. The average molecular weight is 153 g/mol. The third-order valence-corrected chi connectivity index (χ3v) is 1.93. The van der Waals surface area contributed by atoms with E-state index >= 15 is 0 Å². The van der Waals surface area contributed by atoms with Gasteiger partial charge in [0.15, 0.2) is 0 Å². The van der Waals surface area contributed by atoms with Gasteiger partial charge in [0.25, 0.3) is 0 Å². The summed E-state index contributed by atoms with van der Waals surface area (Å²) in [7, 11) is 0. The van der Waals surface area contributed by atoms with E-state index in [0.29, 0.717) is 5.92 Å². The molecule has 0 bridgehead atoms. The molecule has 64 valence electrons. The van der Waals surface area contributed by atoms with Crippen molar-refractivity contribution in [1.29, 1.82) is 0 Å². The summed E-state index contributed by atoms with van der Waals surface area (Å²) in [4.78, 5) is 0. The van der Waals surface area contributed by atoms with Crippen LogP contribution in [0, 0.1) is 18.3 Å². The van der Waals surface area contributed by atoms with Crippen LogP contribution in [0.25, 0.3) is 0 Å². The van der Waals surface area contributed by atoms with Crippen LogP contribution in [-0.2, 0) is 0 Å². The summed E-state index contributed by atoms with van der Waals surface area (Å²) in [5, 5.41) is 3.36. The molecule has 1 heteroatoms. The monoisotopic (exact) mass is 153 g/mol. The van der Waals surface area contributed by atoms with Crippen molar-refractivity contribution in [2.75, 3.05) is 6.54 Å². The third-order valence-electron chi connectivity index (χ3n) is 1.93. The van der Waals surface area contributed by atoms with Crippen molar-refractivity contribution in [2.45, 2.75) is 39.7 Å². The molecule has 0 aliphatic heterocycles. The molecule has 0 radical (unpaired) electrons. The molecule has 0 rings (SSSR count). The summed E-state index contributed by atoms with van der Waals surface area (Å²) >= 11 is 0. The molecule has 1 nitrogen and oxygen atoms in total. The molecule has 0 aliphatic rings. The number of terminal acetylenes is 1. The van der Waals surface area contributed by atoms with Crippen LogP contribution < -0.4 is 5.32 Å². The molecule has 1 atom stereocenters. The van der Waals surface area contributed by atoms with Crippen molar-refractivity contribution >= 4 is 0 Å². The van der Waals surface area contributed by atoms with Crippen LogP contribution in [0.15, 0.2) is 0 Å². The summed E-state index contributed by atoms with van der Waals surface area (Å²) < 4.78 is 0. The maximum absolute atomic E-state index is 5.39. The molecule has 0 aliphatic carbocycles. The Morgan fingerprint density at radius 3 is 2.36 bits per heavy atom. The number of rotatable bonds is 4. The highest BCUT2D eigenvalue weighted by atomic mass is 14.9. The van der Waals surface area contributed by atoms with Crippen molar-refractivity contribution in [3.63, 3.8) is 0 Å². The molecule has 0 aromatic rings. The first kappa shape index (κ1) is 10.5. The average Bonchev–Trinajstić information content (AvgIpc) is 2.00. The zero-order chi connectivity index (χ0) is 8.91. The SMILES string of the molecule is C#CC(C)(CC)NCC(C)C. The fraction of sp³-hybridized carbons (Fsp3) is 0.800. The molecule has 0 saturated heterocycles. The second-order valence-electron chi connectivity index (χ2n) is 3.60. The predicted octanol–water partition coefficient (Wildman–Crippen LogP) is 2.03. The Bertz CT molecular complexity index is 143. The Morgan fingerprint density at radius 2 is 2.09 bits per heavy atom. The van der Waals surface area contributed by atoms with Gasteiger partial charge in [-0.3, -0.25) is 0 Å². The molecule has 0 aromatic heterocycles. The van der Waals surface area contributed by atoms with Gasteiger partial charge in [-0.15, -0.1) is 6.42 Å².